The maximum absolute atomic E-state index is 11.2. The monoisotopic (exact) mass is 247 g/mol. The molecule has 1 unspecified atom stereocenters. The van der Waals surface area contributed by atoms with E-state index >= 15 is 0 Å². The zero-order chi connectivity index (χ0) is 13.2. The molecule has 2 aromatic rings. The second kappa shape index (κ2) is 4.82. The number of carbonyl (C=O) groups is 1. The Balaban J connectivity index is 2.20. The molecule has 0 aliphatic carbocycles. The Labute approximate surface area is 106 Å². The first-order chi connectivity index (χ1) is 8.53. The van der Waals surface area contributed by atoms with Gasteiger partial charge in [0.2, 0.25) is 5.91 Å². The summed E-state index contributed by atoms with van der Waals surface area (Å²) in [6.07, 6.45) is 0.399. The van der Waals surface area contributed by atoms with Crippen molar-refractivity contribution >= 4 is 16.9 Å². The molecule has 0 aliphatic rings. The Hall–Kier alpha value is -1.81. The highest BCUT2D eigenvalue weighted by Gasteiger charge is 2.27. The molecule has 0 saturated carbocycles. The molecule has 0 bridgehead atoms. The minimum Gasteiger partial charge on any atom is -0.458 e. The zero-order valence-electron chi connectivity index (χ0n) is 10.6. The highest BCUT2D eigenvalue weighted by atomic mass is 16.4. The molecule has 2 rings (SSSR count). The van der Waals surface area contributed by atoms with Crippen LogP contribution in [0.1, 0.15) is 26.0 Å². The molecule has 1 aromatic carbocycles. The molecule has 18 heavy (non-hydrogen) atoms. The fourth-order valence-electron chi connectivity index (χ4n) is 1.73. The van der Waals surface area contributed by atoms with Crippen molar-refractivity contribution in [3.63, 3.8) is 0 Å². The SMILES string of the molecule is CCC(=O)NCC(C)(O)c1cc2ccccc2o1. The van der Waals surface area contributed by atoms with E-state index in [0.717, 1.165) is 11.0 Å². The quantitative estimate of drug-likeness (QED) is 0.870. The molecule has 0 saturated heterocycles. The first kappa shape index (κ1) is 12.6. The van der Waals surface area contributed by atoms with Gasteiger partial charge in [0.15, 0.2) is 0 Å². The predicted octanol–water partition coefficient (Wildman–Crippen LogP) is 2.17. The van der Waals surface area contributed by atoms with Crippen molar-refractivity contribution in [3.8, 4) is 0 Å². The average molecular weight is 247 g/mol. The molecule has 96 valence electrons. The van der Waals surface area contributed by atoms with Gasteiger partial charge in [-0.3, -0.25) is 4.79 Å². The van der Waals surface area contributed by atoms with E-state index in [9.17, 15) is 9.90 Å². The van der Waals surface area contributed by atoms with Gasteiger partial charge >= 0.3 is 0 Å². The lowest BCUT2D eigenvalue weighted by atomic mass is 10.0. The maximum atomic E-state index is 11.2. The fraction of sp³-hybridized carbons (Fsp3) is 0.357. The molecule has 1 atom stereocenters. The highest BCUT2D eigenvalue weighted by molar-refractivity contribution is 5.78. The van der Waals surface area contributed by atoms with Gasteiger partial charge in [0.1, 0.15) is 16.9 Å². The summed E-state index contributed by atoms with van der Waals surface area (Å²) in [5, 5.41) is 13.9. The molecule has 4 heteroatoms. The van der Waals surface area contributed by atoms with Gasteiger partial charge < -0.3 is 14.8 Å². The van der Waals surface area contributed by atoms with Crippen LogP contribution in [0.2, 0.25) is 0 Å². The van der Waals surface area contributed by atoms with E-state index < -0.39 is 5.60 Å². The van der Waals surface area contributed by atoms with Gasteiger partial charge in [0, 0.05) is 11.8 Å². The first-order valence-corrected chi connectivity index (χ1v) is 6.01. The highest BCUT2D eigenvalue weighted by Crippen LogP contribution is 2.27. The lowest BCUT2D eigenvalue weighted by Crippen LogP contribution is -2.38. The summed E-state index contributed by atoms with van der Waals surface area (Å²) in [5.74, 6) is 0.367. The fourth-order valence-corrected chi connectivity index (χ4v) is 1.73. The number of hydrogen-bond acceptors (Lipinski definition) is 3. The Bertz CT molecular complexity index is 524. The third-order valence-electron chi connectivity index (χ3n) is 2.91. The van der Waals surface area contributed by atoms with E-state index in [1.54, 1.807) is 19.9 Å². The molecule has 0 spiro atoms. The van der Waals surface area contributed by atoms with Crippen LogP contribution < -0.4 is 5.32 Å². The van der Waals surface area contributed by atoms with Gasteiger partial charge in [-0.15, -0.1) is 0 Å². The van der Waals surface area contributed by atoms with Gasteiger partial charge in [0.25, 0.3) is 0 Å². The molecular formula is C14H17NO3. The van der Waals surface area contributed by atoms with Crippen molar-refractivity contribution in [1.82, 2.24) is 5.32 Å². The average Bonchev–Trinajstić information content (AvgIpc) is 2.80. The number of rotatable bonds is 4. The van der Waals surface area contributed by atoms with E-state index in [0.29, 0.717) is 12.2 Å². The van der Waals surface area contributed by atoms with Crippen LogP contribution in [0.25, 0.3) is 11.0 Å². The van der Waals surface area contributed by atoms with E-state index in [2.05, 4.69) is 5.32 Å². The summed E-state index contributed by atoms with van der Waals surface area (Å²) in [4.78, 5) is 11.2. The van der Waals surface area contributed by atoms with Crippen LogP contribution in [-0.4, -0.2) is 17.6 Å². The summed E-state index contributed by atoms with van der Waals surface area (Å²) >= 11 is 0. The summed E-state index contributed by atoms with van der Waals surface area (Å²) < 4.78 is 5.60. The van der Waals surface area contributed by atoms with Crippen molar-refractivity contribution in [2.45, 2.75) is 25.9 Å². The molecule has 1 aromatic heterocycles. The van der Waals surface area contributed by atoms with Crippen molar-refractivity contribution in [3.05, 3.63) is 36.1 Å². The Morgan fingerprint density at radius 3 is 2.83 bits per heavy atom. The van der Waals surface area contributed by atoms with Crippen LogP contribution in [-0.2, 0) is 10.4 Å². The predicted molar refractivity (Wildman–Crippen MR) is 69.1 cm³/mol. The number of furan rings is 1. The van der Waals surface area contributed by atoms with E-state index in [1.807, 2.05) is 24.3 Å². The van der Waals surface area contributed by atoms with Crippen molar-refractivity contribution in [2.24, 2.45) is 0 Å². The van der Waals surface area contributed by atoms with E-state index in [1.165, 1.54) is 0 Å². The van der Waals surface area contributed by atoms with Crippen LogP contribution in [0.3, 0.4) is 0 Å². The largest absolute Gasteiger partial charge is 0.458 e. The van der Waals surface area contributed by atoms with Crippen LogP contribution >= 0.6 is 0 Å². The van der Waals surface area contributed by atoms with Gasteiger partial charge in [-0.05, 0) is 19.1 Å². The number of hydrogen-bond donors (Lipinski definition) is 2. The Kier molecular flexibility index (Phi) is 3.39. The number of benzene rings is 1. The minimum absolute atomic E-state index is 0.0913. The summed E-state index contributed by atoms with van der Waals surface area (Å²) in [6.45, 7) is 3.53. The van der Waals surface area contributed by atoms with Crippen molar-refractivity contribution < 1.29 is 14.3 Å². The van der Waals surface area contributed by atoms with Gasteiger partial charge in [0.05, 0.1) is 6.54 Å². The number of nitrogens with one attached hydrogen (secondary N) is 1. The lowest BCUT2D eigenvalue weighted by molar-refractivity contribution is -0.122. The summed E-state index contributed by atoms with van der Waals surface area (Å²) in [5.41, 5.74) is -0.473. The van der Waals surface area contributed by atoms with Crippen LogP contribution in [0.5, 0.6) is 0 Å². The van der Waals surface area contributed by atoms with Gasteiger partial charge in [-0.1, -0.05) is 25.1 Å². The first-order valence-electron chi connectivity index (χ1n) is 6.01. The Morgan fingerprint density at radius 1 is 1.44 bits per heavy atom. The summed E-state index contributed by atoms with van der Waals surface area (Å²) in [6, 6.07) is 9.36. The second-order valence-electron chi connectivity index (χ2n) is 4.55. The number of aliphatic hydroxyl groups is 1. The molecule has 4 nitrogen and oxygen atoms in total. The zero-order valence-corrected chi connectivity index (χ0v) is 10.6. The molecule has 1 amide bonds. The topological polar surface area (TPSA) is 62.5 Å². The maximum Gasteiger partial charge on any atom is 0.219 e. The van der Waals surface area contributed by atoms with Crippen LogP contribution in [0.15, 0.2) is 34.7 Å². The van der Waals surface area contributed by atoms with E-state index in [-0.39, 0.29) is 12.5 Å². The molecule has 0 aliphatic heterocycles. The number of para-hydroxylation sites is 1. The van der Waals surface area contributed by atoms with Gasteiger partial charge in [-0.25, -0.2) is 0 Å². The smallest absolute Gasteiger partial charge is 0.219 e. The molecular weight excluding hydrogens is 230 g/mol. The summed E-state index contributed by atoms with van der Waals surface area (Å²) in [7, 11) is 0. The van der Waals surface area contributed by atoms with Crippen LogP contribution in [0, 0.1) is 0 Å². The lowest BCUT2D eigenvalue weighted by Gasteiger charge is -2.20. The molecule has 1 heterocycles. The normalized spacial score (nSPS) is 14.4. The number of amides is 1. The van der Waals surface area contributed by atoms with Crippen LogP contribution in [0.4, 0.5) is 0 Å². The third kappa shape index (κ3) is 2.54. The Morgan fingerprint density at radius 2 is 2.17 bits per heavy atom. The third-order valence-corrected chi connectivity index (χ3v) is 2.91. The van der Waals surface area contributed by atoms with Crippen molar-refractivity contribution in [1.29, 1.82) is 0 Å². The van der Waals surface area contributed by atoms with E-state index in [4.69, 9.17) is 4.42 Å². The standard InChI is InChI=1S/C14H17NO3/c1-3-13(16)15-9-14(2,17)12-8-10-6-4-5-7-11(10)18-12/h4-8,17H,3,9H2,1-2H3,(H,15,16). The number of carbonyl (C=O) groups excluding carboxylic acids is 1. The molecule has 0 radical (unpaired) electrons. The van der Waals surface area contributed by atoms with Gasteiger partial charge in [-0.2, -0.15) is 0 Å². The van der Waals surface area contributed by atoms with Crippen molar-refractivity contribution in [2.75, 3.05) is 6.54 Å². The second-order valence-corrected chi connectivity index (χ2v) is 4.55. The number of fused-ring (bicyclic) bond motifs is 1. The molecule has 2 N–H and O–H groups in total. The molecule has 0 fully saturated rings. The minimum atomic E-state index is -1.20.